The summed E-state index contributed by atoms with van der Waals surface area (Å²) in [7, 11) is 0. The van der Waals surface area contributed by atoms with Crippen LogP contribution in [0.2, 0.25) is 0 Å². The van der Waals surface area contributed by atoms with Crippen LogP contribution in [0, 0.1) is 5.92 Å². The van der Waals surface area contributed by atoms with Gasteiger partial charge in [0.25, 0.3) is 5.91 Å². The maximum absolute atomic E-state index is 10.7. The van der Waals surface area contributed by atoms with Crippen molar-refractivity contribution in [1.82, 2.24) is 5.06 Å². The Balaban J connectivity index is 2.57. The molecule has 1 rings (SSSR count). The quantitative estimate of drug-likeness (QED) is 0.582. The molecule has 10 heavy (non-hydrogen) atoms. The van der Waals surface area contributed by atoms with Crippen molar-refractivity contribution in [3.8, 4) is 0 Å². The molecule has 0 aliphatic carbocycles. The van der Waals surface area contributed by atoms with Crippen molar-refractivity contribution in [2.24, 2.45) is 5.92 Å². The second-order valence-corrected chi connectivity index (χ2v) is 3.79. The zero-order chi connectivity index (χ0) is 7.72. The summed E-state index contributed by atoms with van der Waals surface area (Å²) < 4.78 is 0. The Morgan fingerprint density at radius 3 is 2.60 bits per heavy atom. The van der Waals surface area contributed by atoms with Crippen LogP contribution in [-0.2, 0) is 4.79 Å². The molecule has 1 amide bonds. The van der Waals surface area contributed by atoms with Crippen molar-refractivity contribution in [3.63, 3.8) is 0 Å². The molecule has 0 saturated carbocycles. The summed E-state index contributed by atoms with van der Waals surface area (Å²) in [4.78, 5) is 10.7. The van der Waals surface area contributed by atoms with Crippen LogP contribution in [0.5, 0.6) is 0 Å². The first-order chi connectivity index (χ1) is 4.63. The largest absolute Gasteiger partial charge is 0.285 e. The molecular weight excluding hydrogens is 150 g/mol. The van der Waals surface area contributed by atoms with Crippen LogP contribution in [0.3, 0.4) is 0 Å². The van der Waals surface area contributed by atoms with Gasteiger partial charge in [0.15, 0.2) is 0 Å². The second kappa shape index (κ2) is 2.80. The van der Waals surface area contributed by atoms with Crippen LogP contribution < -0.4 is 0 Å². The van der Waals surface area contributed by atoms with E-state index in [-0.39, 0.29) is 11.3 Å². The predicted molar refractivity (Wildman–Crippen MR) is 39.7 cm³/mol. The Kier molecular flexibility index (Phi) is 2.21. The summed E-state index contributed by atoms with van der Waals surface area (Å²) in [6.07, 6.45) is 0. The van der Waals surface area contributed by atoms with E-state index < -0.39 is 0 Å². The normalized spacial score (nSPS) is 26.6. The fourth-order valence-electron chi connectivity index (χ4n) is 0.910. The van der Waals surface area contributed by atoms with Gasteiger partial charge in [0.1, 0.15) is 5.37 Å². The molecule has 1 unspecified atom stereocenters. The minimum Gasteiger partial charge on any atom is -0.285 e. The maximum Gasteiger partial charge on any atom is 0.257 e. The summed E-state index contributed by atoms with van der Waals surface area (Å²) in [5.74, 6) is 0.560. The smallest absolute Gasteiger partial charge is 0.257 e. The highest BCUT2D eigenvalue weighted by atomic mass is 32.2. The van der Waals surface area contributed by atoms with E-state index >= 15 is 0 Å². The van der Waals surface area contributed by atoms with Crippen LogP contribution in [-0.4, -0.2) is 27.3 Å². The van der Waals surface area contributed by atoms with Crippen molar-refractivity contribution < 1.29 is 10.0 Å². The molecule has 0 aromatic carbocycles. The molecule has 58 valence electrons. The molecule has 1 aliphatic rings. The van der Waals surface area contributed by atoms with E-state index in [1.807, 2.05) is 13.8 Å². The average molecular weight is 161 g/mol. The van der Waals surface area contributed by atoms with Crippen molar-refractivity contribution in [1.29, 1.82) is 0 Å². The zero-order valence-electron chi connectivity index (χ0n) is 6.07. The lowest BCUT2D eigenvalue weighted by atomic mass is 10.2. The Bertz CT molecular complexity index is 149. The highest BCUT2D eigenvalue weighted by Gasteiger charge is 2.32. The van der Waals surface area contributed by atoms with Crippen molar-refractivity contribution in [3.05, 3.63) is 0 Å². The molecule has 1 heterocycles. The monoisotopic (exact) mass is 161 g/mol. The highest BCUT2D eigenvalue weighted by Crippen LogP contribution is 2.28. The van der Waals surface area contributed by atoms with E-state index in [0.717, 1.165) is 5.06 Å². The van der Waals surface area contributed by atoms with Crippen LogP contribution >= 0.6 is 11.8 Å². The van der Waals surface area contributed by atoms with Gasteiger partial charge in [0.05, 0.1) is 5.75 Å². The lowest BCUT2D eigenvalue weighted by Crippen LogP contribution is -2.32. The number of carbonyl (C=O) groups is 1. The third-order valence-corrected chi connectivity index (χ3v) is 2.94. The van der Waals surface area contributed by atoms with Crippen molar-refractivity contribution >= 4 is 17.7 Å². The van der Waals surface area contributed by atoms with E-state index in [1.165, 1.54) is 11.8 Å². The minimum absolute atomic E-state index is 0.0347. The van der Waals surface area contributed by atoms with Gasteiger partial charge >= 0.3 is 0 Å². The first-order valence-corrected chi connectivity index (χ1v) is 4.30. The molecule has 1 atom stereocenters. The van der Waals surface area contributed by atoms with E-state index in [9.17, 15) is 4.79 Å². The summed E-state index contributed by atoms with van der Waals surface area (Å²) in [5.41, 5.74) is 0. The molecule has 0 aromatic rings. The van der Waals surface area contributed by atoms with Crippen LogP contribution in [0.15, 0.2) is 0 Å². The fourth-order valence-corrected chi connectivity index (χ4v) is 2.00. The first-order valence-electron chi connectivity index (χ1n) is 3.25. The number of amides is 1. The highest BCUT2D eigenvalue weighted by molar-refractivity contribution is 8.00. The van der Waals surface area contributed by atoms with E-state index in [2.05, 4.69) is 0 Å². The lowest BCUT2D eigenvalue weighted by Gasteiger charge is -2.19. The molecule has 0 radical (unpaired) electrons. The predicted octanol–water partition coefficient (Wildman–Crippen LogP) is 0.933. The third kappa shape index (κ3) is 1.27. The van der Waals surface area contributed by atoms with Crippen LogP contribution in [0.25, 0.3) is 0 Å². The number of thioether (sulfide) groups is 1. The summed E-state index contributed by atoms with van der Waals surface area (Å²) in [6, 6.07) is 0. The summed E-state index contributed by atoms with van der Waals surface area (Å²) in [5, 5.41) is 9.90. The van der Waals surface area contributed by atoms with Crippen molar-refractivity contribution in [2.75, 3.05) is 5.75 Å². The van der Waals surface area contributed by atoms with Gasteiger partial charge < -0.3 is 0 Å². The van der Waals surface area contributed by atoms with Crippen LogP contribution in [0.4, 0.5) is 0 Å². The van der Waals surface area contributed by atoms with Gasteiger partial charge in [-0.25, -0.2) is 5.06 Å². The molecule has 1 aliphatic heterocycles. The van der Waals surface area contributed by atoms with Gasteiger partial charge in [-0.05, 0) is 5.92 Å². The fraction of sp³-hybridized carbons (Fsp3) is 0.833. The van der Waals surface area contributed by atoms with Crippen molar-refractivity contribution in [2.45, 2.75) is 19.2 Å². The number of rotatable bonds is 1. The second-order valence-electron chi connectivity index (χ2n) is 2.68. The van der Waals surface area contributed by atoms with E-state index in [1.54, 1.807) is 0 Å². The standard InChI is InChI=1S/C6H11NO2S/c1-4(2)6-7(9)5(8)3-10-6/h4,6,9H,3H2,1-2H3. The first kappa shape index (κ1) is 7.88. The SMILES string of the molecule is CC(C)C1SCC(=O)N1O. The average Bonchev–Trinajstić information content (AvgIpc) is 2.14. The van der Waals surface area contributed by atoms with E-state index in [4.69, 9.17) is 5.21 Å². The molecule has 1 saturated heterocycles. The minimum atomic E-state index is -0.177. The molecular formula is C6H11NO2S. The van der Waals surface area contributed by atoms with Gasteiger partial charge in [0, 0.05) is 0 Å². The molecule has 0 aromatic heterocycles. The lowest BCUT2D eigenvalue weighted by molar-refractivity contribution is -0.164. The van der Waals surface area contributed by atoms with Gasteiger partial charge in [0.2, 0.25) is 0 Å². The Morgan fingerprint density at radius 1 is 1.80 bits per heavy atom. The number of carbonyl (C=O) groups excluding carboxylic acids is 1. The van der Waals surface area contributed by atoms with Gasteiger partial charge in [-0.2, -0.15) is 0 Å². The number of hydrogen-bond donors (Lipinski definition) is 1. The molecule has 1 fully saturated rings. The van der Waals surface area contributed by atoms with Gasteiger partial charge in [-0.1, -0.05) is 13.8 Å². The zero-order valence-corrected chi connectivity index (χ0v) is 6.89. The number of hydroxylamine groups is 2. The molecule has 0 spiro atoms. The van der Waals surface area contributed by atoms with Crippen LogP contribution in [0.1, 0.15) is 13.8 Å². The molecule has 1 N–H and O–H groups in total. The summed E-state index contributed by atoms with van der Waals surface area (Å²) in [6.45, 7) is 3.97. The Hall–Kier alpha value is -0.220. The maximum atomic E-state index is 10.7. The molecule has 3 nitrogen and oxygen atoms in total. The third-order valence-electron chi connectivity index (χ3n) is 1.44. The molecule has 4 heteroatoms. The van der Waals surface area contributed by atoms with E-state index in [0.29, 0.717) is 11.7 Å². The van der Waals surface area contributed by atoms with Gasteiger partial charge in [-0.3, -0.25) is 10.0 Å². The Morgan fingerprint density at radius 2 is 2.40 bits per heavy atom. The molecule has 0 bridgehead atoms. The van der Waals surface area contributed by atoms with Gasteiger partial charge in [-0.15, -0.1) is 11.8 Å². The number of hydrogen-bond acceptors (Lipinski definition) is 3. The topological polar surface area (TPSA) is 40.5 Å². The summed E-state index contributed by atoms with van der Waals surface area (Å²) >= 11 is 1.49. The Labute approximate surface area is 64.4 Å². The number of nitrogens with zero attached hydrogens (tertiary/aromatic N) is 1.